The second-order valence-corrected chi connectivity index (χ2v) is 16.8. The molecular weight excluding hydrogens is 1370 g/mol. The minimum Gasteiger partial charge on any atom is -0.465 e. The number of alkyl halides is 31. The minimum atomic E-state index is -6.08. The number of hydrogen-bond donors (Lipinski definition) is 0. The van der Waals surface area contributed by atoms with Gasteiger partial charge in [-0.15, -0.1) is 6.58 Å². The zero-order chi connectivity index (χ0) is 55.7. The van der Waals surface area contributed by atoms with Crippen LogP contribution in [0, 0.1) is 0 Å². The molecule has 0 saturated carbocycles. The topological polar surface area (TPSA) is 78.9 Å². The lowest BCUT2D eigenvalue weighted by atomic mass is 9.98. The Morgan fingerprint density at radius 2 is 0.642 bits per heavy atom. The Kier molecular flexibility index (Phi) is 30.6. The van der Waals surface area contributed by atoms with Gasteiger partial charge in [0.1, 0.15) is 19.8 Å². The van der Waals surface area contributed by atoms with Gasteiger partial charge in [0.2, 0.25) is 0 Å². The van der Waals surface area contributed by atoms with Crippen LogP contribution >= 0.6 is 67.8 Å². The molecule has 67 heavy (non-hydrogen) atoms. The summed E-state index contributed by atoms with van der Waals surface area (Å²) in [5, 5.41) is 0. The molecule has 2 atom stereocenters. The Bertz CT molecular complexity index is 1390. The summed E-state index contributed by atoms with van der Waals surface area (Å²) >= 11 is 2.00. The van der Waals surface area contributed by atoms with E-state index in [9.17, 15) is 137 Å². The third kappa shape index (κ3) is 25.7. The number of hydrogen-bond acceptors (Lipinski definition) is 6. The second-order valence-electron chi connectivity index (χ2n) is 11.8. The van der Waals surface area contributed by atoms with E-state index in [2.05, 4.69) is 27.4 Å². The van der Waals surface area contributed by atoms with Crippen LogP contribution in [0.25, 0.3) is 0 Å². The van der Waals surface area contributed by atoms with Gasteiger partial charge in [-0.3, -0.25) is 14.4 Å². The lowest BCUT2D eigenvalue weighted by Gasteiger charge is -2.31. The van der Waals surface area contributed by atoms with Crippen LogP contribution in [0.5, 0.6) is 0 Å². The Balaban J connectivity index is -0.000000247. The van der Waals surface area contributed by atoms with Crippen LogP contribution in [0.1, 0.15) is 40.0 Å². The van der Waals surface area contributed by atoms with Crippen molar-refractivity contribution in [1.82, 2.24) is 0 Å². The summed E-state index contributed by atoms with van der Waals surface area (Å²) in [5.74, 6) is -2.01. The molecule has 0 aromatic heterocycles. The highest BCUT2D eigenvalue weighted by Crippen LogP contribution is 2.53. The van der Waals surface area contributed by atoms with Crippen molar-refractivity contribution in [2.75, 3.05) is 19.8 Å². The summed E-state index contributed by atoms with van der Waals surface area (Å²) in [6.07, 6.45) is -51.9. The Morgan fingerprint density at radius 1 is 0.418 bits per heavy atom. The van der Waals surface area contributed by atoms with Crippen molar-refractivity contribution >= 4 is 85.7 Å². The highest BCUT2D eigenvalue weighted by Gasteiger charge is 2.74. The van der Waals surface area contributed by atoms with Gasteiger partial charge in [0.15, 0.2) is 0 Å². The summed E-state index contributed by atoms with van der Waals surface area (Å²) in [4.78, 5) is 30.6. The first-order valence-corrected chi connectivity index (χ1v) is 19.4. The molecule has 2 unspecified atom stereocenters. The Hall–Kier alpha value is -1.88. The monoisotopic (exact) mass is 1400 g/mol. The first-order chi connectivity index (χ1) is 29.0. The van der Waals surface area contributed by atoms with Gasteiger partial charge in [0.05, 0.1) is 0 Å². The first kappa shape index (κ1) is 74.1. The number of carbonyl (C=O) groups is 3. The molecule has 0 spiro atoms. The predicted molar refractivity (Wildman–Crippen MR) is 198 cm³/mol. The molecule has 6 nitrogen and oxygen atoms in total. The van der Waals surface area contributed by atoms with E-state index in [0.717, 1.165) is 59.0 Å². The molecule has 0 aromatic rings. The molecule has 0 fully saturated rings. The number of carbonyl (C=O) groups excluding carboxylic acids is 3. The minimum absolute atomic E-state index is 0.237. The highest BCUT2D eigenvalue weighted by atomic mass is 127. The largest absolute Gasteiger partial charge is 0.465 e. The molecule has 0 rings (SSSR count). The van der Waals surface area contributed by atoms with Crippen molar-refractivity contribution in [2.45, 2.75) is 118 Å². The fourth-order valence-corrected chi connectivity index (χ4v) is 4.43. The van der Waals surface area contributed by atoms with E-state index in [1.165, 1.54) is 13.0 Å². The standard InChI is InChI=1S/2C8H8F7IO2.C6H5F7.C5H8O2.C3F7I/c2*1-4(17)18-3-5(16)2-6(9,7(10,11)12)8(13,14)15;1-2-3-4(7,5(8,9)10)6(11,12)13;1-3-4-7-5(2)6;4-1(11,2(5,6)7)3(8,9)10/h2*5H,2-3H2,1H3;2H,1,3H2;3H,1,4H2,2H3;. The molecule has 0 bridgehead atoms. The van der Waals surface area contributed by atoms with Crippen LogP contribution in [0.15, 0.2) is 25.3 Å². The van der Waals surface area contributed by atoms with Gasteiger partial charge in [-0.05, 0) is 22.6 Å². The summed E-state index contributed by atoms with van der Waals surface area (Å²) in [6, 6.07) is 0. The second kappa shape index (κ2) is 27.7. The molecule has 0 aliphatic heterocycles. The van der Waals surface area contributed by atoms with E-state index in [-0.39, 0.29) is 34.6 Å². The summed E-state index contributed by atoms with van der Waals surface area (Å²) < 4.78 is 339. The molecule has 0 aromatic carbocycles. The highest BCUT2D eigenvalue weighted by molar-refractivity contribution is 14.1. The molecule has 0 saturated heterocycles. The van der Waals surface area contributed by atoms with Crippen LogP contribution in [0.2, 0.25) is 0 Å². The van der Waals surface area contributed by atoms with Crippen LogP contribution in [-0.2, 0) is 28.6 Å². The number of ether oxygens (including phenoxy) is 3. The zero-order valence-corrected chi connectivity index (χ0v) is 39.1. The quantitative estimate of drug-likeness (QED) is 0.0484. The first-order valence-electron chi connectivity index (χ1n) is 15.8. The smallest absolute Gasteiger partial charge is 0.441 e. The molecular formula is C30H29F28I3O6. The lowest BCUT2D eigenvalue weighted by Crippen LogP contribution is -2.54. The fourth-order valence-electron chi connectivity index (χ4n) is 2.86. The lowest BCUT2D eigenvalue weighted by molar-refractivity contribution is -0.343. The van der Waals surface area contributed by atoms with Crippen molar-refractivity contribution in [2.24, 2.45) is 0 Å². The average Bonchev–Trinajstić information content (AvgIpc) is 3.06. The SMILES string of the molecule is C=CCC(F)(C(F)(F)F)C(F)(F)F.C=CCOC(C)=O.CC(=O)OCC(I)CC(F)(C(F)(F)F)C(F)(F)F.CC(=O)OCC(I)CC(F)(C(F)(F)F)C(F)(F)F.FC(F)(F)C(F)(I)C(F)(F)F. The van der Waals surface area contributed by atoms with Crippen LogP contribution in [0.4, 0.5) is 123 Å². The van der Waals surface area contributed by atoms with Crippen molar-refractivity contribution in [3.05, 3.63) is 25.3 Å². The van der Waals surface area contributed by atoms with Crippen molar-refractivity contribution in [1.29, 1.82) is 0 Å². The van der Waals surface area contributed by atoms with E-state index in [0.29, 0.717) is 6.61 Å². The molecule has 37 heteroatoms. The van der Waals surface area contributed by atoms with E-state index in [4.69, 9.17) is 0 Å². The van der Waals surface area contributed by atoms with E-state index in [1.54, 1.807) is 0 Å². The third-order valence-corrected chi connectivity index (χ3v) is 9.00. The zero-order valence-electron chi connectivity index (χ0n) is 32.6. The van der Waals surface area contributed by atoms with Gasteiger partial charge in [-0.2, -0.15) is 105 Å². The Labute approximate surface area is 398 Å². The van der Waals surface area contributed by atoms with Gasteiger partial charge in [0.25, 0.3) is 11.3 Å². The van der Waals surface area contributed by atoms with Crippen LogP contribution in [0.3, 0.4) is 0 Å². The van der Waals surface area contributed by atoms with Crippen LogP contribution < -0.4 is 0 Å². The average molecular weight is 1400 g/mol. The van der Waals surface area contributed by atoms with Crippen LogP contribution in [-0.4, -0.2) is 116 Å². The number of halogens is 31. The molecule has 402 valence electrons. The Morgan fingerprint density at radius 3 is 0.746 bits per heavy atom. The predicted octanol–water partition coefficient (Wildman–Crippen LogP) is 14.5. The van der Waals surface area contributed by atoms with E-state index < -0.39 is 122 Å². The maximum atomic E-state index is 13.2. The molecule has 0 aliphatic rings. The van der Waals surface area contributed by atoms with Gasteiger partial charge in [0, 0.05) is 47.9 Å². The normalized spacial score (nSPS) is 14.4. The number of rotatable bonds is 12. The van der Waals surface area contributed by atoms with Gasteiger partial charge in [-0.25, -0.2) is 17.6 Å². The number of esters is 3. The maximum Gasteiger partial charge on any atom is 0.441 e. The molecule has 0 heterocycles. The summed E-state index contributed by atoms with van der Waals surface area (Å²) in [6.45, 7) is 8.07. The van der Waals surface area contributed by atoms with Crippen molar-refractivity contribution in [3.63, 3.8) is 0 Å². The van der Waals surface area contributed by atoms with Gasteiger partial charge >= 0.3 is 76.7 Å². The summed E-state index contributed by atoms with van der Waals surface area (Å²) in [7, 11) is 0. The van der Waals surface area contributed by atoms with E-state index >= 15 is 0 Å². The molecule has 0 amide bonds. The van der Waals surface area contributed by atoms with E-state index in [1.807, 2.05) is 0 Å². The maximum absolute atomic E-state index is 13.2. The summed E-state index contributed by atoms with van der Waals surface area (Å²) in [5.41, 5.74) is -15.8. The van der Waals surface area contributed by atoms with Crippen molar-refractivity contribution in [3.8, 4) is 0 Å². The molecule has 0 radical (unpaired) electrons. The third-order valence-electron chi connectivity index (χ3n) is 6.18. The molecule has 0 N–H and O–H groups in total. The number of allylic oxidation sites excluding steroid dienone is 1. The fraction of sp³-hybridized carbons (Fsp3) is 0.767. The van der Waals surface area contributed by atoms with Crippen molar-refractivity contribution < 1.29 is 152 Å². The van der Waals surface area contributed by atoms with Gasteiger partial charge in [-0.1, -0.05) is 63.9 Å². The van der Waals surface area contributed by atoms with Gasteiger partial charge < -0.3 is 14.2 Å². The molecule has 0 aliphatic carbocycles.